The number of hydrogen-bond acceptors (Lipinski definition) is 7. The quantitative estimate of drug-likeness (QED) is 0.855. The lowest BCUT2D eigenvalue weighted by molar-refractivity contribution is -0.120. The van der Waals surface area contributed by atoms with E-state index >= 15 is 0 Å². The fourth-order valence-electron chi connectivity index (χ4n) is 3.95. The Hall–Kier alpha value is -2.32. The molecule has 7 nitrogen and oxygen atoms in total. The molecule has 1 amide bonds. The summed E-state index contributed by atoms with van der Waals surface area (Å²) in [5.41, 5.74) is 2.17. The normalized spacial score (nSPS) is 22.5. The molecule has 28 heavy (non-hydrogen) atoms. The molecule has 2 aromatic rings. The minimum absolute atomic E-state index is 0.107. The Bertz CT molecular complexity index is 883. The predicted octanol–water partition coefficient (Wildman–Crippen LogP) is 2.57. The zero-order chi connectivity index (χ0) is 19.1. The number of piperazine rings is 1. The zero-order valence-corrected chi connectivity index (χ0v) is 16.8. The maximum absolute atomic E-state index is 12.3. The first-order valence-corrected chi connectivity index (χ1v) is 10.7. The monoisotopic (exact) mass is 396 g/mol. The lowest BCUT2D eigenvalue weighted by Crippen LogP contribution is -2.49. The number of fused-ring (bicyclic) bond motifs is 1. The van der Waals surface area contributed by atoms with Gasteiger partial charge in [-0.1, -0.05) is 17.8 Å². The second-order valence-corrected chi connectivity index (χ2v) is 8.75. The lowest BCUT2D eigenvalue weighted by Gasteiger charge is -2.31. The van der Waals surface area contributed by atoms with E-state index in [9.17, 15) is 4.79 Å². The summed E-state index contributed by atoms with van der Waals surface area (Å²) in [6, 6.07) is 6.32. The van der Waals surface area contributed by atoms with E-state index in [0.29, 0.717) is 13.1 Å². The van der Waals surface area contributed by atoms with E-state index in [0.717, 1.165) is 47.4 Å². The number of amides is 1. The summed E-state index contributed by atoms with van der Waals surface area (Å²) in [5, 5.41) is 3.64. The number of carbonyl (C=O) groups excluding carboxylic acids is 1. The van der Waals surface area contributed by atoms with Crippen LogP contribution in [0.1, 0.15) is 23.8 Å². The summed E-state index contributed by atoms with van der Waals surface area (Å²) in [5.74, 6) is 1.92. The van der Waals surface area contributed by atoms with Gasteiger partial charge < -0.3 is 10.2 Å². The molecular weight excluding hydrogens is 372 g/mol. The van der Waals surface area contributed by atoms with Crippen LogP contribution in [-0.4, -0.2) is 60.5 Å². The van der Waals surface area contributed by atoms with Gasteiger partial charge in [-0.3, -0.25) is 14.6 Å². The van der Waals surface area contributed by atoms with E-state index in [-0.39, 0.29) is 11.3 Å². The number of likely N-dealkylation sites (N-methyl/N-ethyl adjacent to an activating group) is 1. The minimum Gasteiger partial charge on any atom is -0.367 e. The number of anilines is 3. The van der Waals surface area contributed by atoms with Gasteiger partial charge >= 0.3 is 0 Å². The third kappa shape index (κ3) is 3.31. The summed E-state index contributed by atoms with van der Waals surface area (Å²) in [6.45, 7) is 4.21. The van der Waals surface area contributed by atoms with E-state index in [4.69, 9.17) is 0 Å². The fourth-order valence-corrected chi connectivity index (χ4v) is 5.08. The highest BCUT2D eigenvalue weighted by molar-refractivity contribution is 8.00. The molecule has 2 fully saturated rings. The van der Waals surface area contributed by atoms with Crippen LogP contribution >= 0.6 is 11.8 Å². The highest BCUT2D eigenvalue weighted by atomic mass is 32.2. The minimum atomic E-state index is 0.107. The predicted molar refractivity (Wildman–Crippen MR) is 112 cm³/mol. The Morgan fingerprint density at radius 3 is 2.64 bits per heavy atom. The van der Waals surface area contributed by atoms with Crippen molar-refractivity contribution in [1.82, 2.24) is 14.9 Å². The van der Waals surface area contributed by atoms with Crippen molar-refractivity contribution in [3.63, 3.8) is 0 Å². The molecule has 0 aliphatic carbocycles. The number of nitrogens with one attached hydrogen (secondary N) is 1. The van der Waals surface area contributed by atoms with Gasteiger partial charge in [0.15, 0.2) is 0 Å². The molecule has 2 aromatic heterocycles. The molecule has 2 saturated heterocycles. The smallest absolute Gasteiger partial charge is 0.242 e. The Kier molecular flexibility index (Phi) is 4.60. The van der Waals surface area contributed by atoms with Crippen LogP contribution in [-0.2, 0) is 4.79 Å². The lowest BCUT2D eigenvalue weighted by atomic mass is 10.2. The number of pyridine rings is 2. The number of hydrogen-bond donors (Lipinski definition) is 1. The molecule has 8 heteroatoms. The SMILES string of the molecule is CN1CCN(c2cc3c(cn2)NC(c2ccc(N4CCCC4)nc2)S3)C(=O)C1. The van der Waals surface area contributed by atoms with Crippen LogP contribution in [0.3, 0.4) is 0 Å². The van der Waals surface area contributed by atoms with E-state index in [1.807, 2.05) is 30.4 Å². The summed E-state index contributed by atoms with van der Waals surface area (Å²) < 4.78 is 0. The molecule has 0 aromatic carbocycles. The molecule has 1 unspecified atom stereocenters. The molecule has 5 heterocycles. The van der Waals surface area contributed by atoms with Crippen LogP contribution in [0, 0.1) is 0 Å². The molecule has 3 aliphatic heterocycles. The maximum atomic E-state index is 12.3. The van der Waals surface area contributed by atoms with Gasteiger partial charge in [-0.05, 0) is 32.0 Å². The van der Waals surface area contributed by atoms with Crippen molar-refractivity contribution in [2.45, 2.75) is 23.1 Å². The molecule has 1 N–H and O–H groups in total. The molecule has 0 spiro atoms. The number of carbonyl (C=O) groups is 1. The van der Waals surface area contributed by atoms with E-state index < -0.39 is 0 Å². The summed E-state index contributed by atoms with van der Waals surface area (Å²) >= 11 is 1.75. The molecule has 146 valence electrons. The third-order valence-corrected chi connectivity index (χ3v) is 6.79. The van der Waals surface area contributed by atoms with Crippen LogP contribution in [0.25, 0.3) is 0 Å². The van der Waals surface area contributed by atoms with Gasteiger partial charge in [0.05, 0.1) is 18.4 Å². The number of aromatic nitrogens is 2. The average molecular weight is 397 g/mol. The second-order valence-electron chi connectivity index (χ2n) is 7.61. The third-order valence-electron chi connectivity index (χ3n) is 5.57. The highest BCUT2D eigenvalue weighted by Gasteiger charge is 2.28. The van der Waals surface area contributed by atoms with Gasteiger partial charge in [-0.15, -0.1) is 0 Å². The Morgan fingerprint density at radius 1 is 1.07 bits per heavy atom. The van der Waals surface area contributed by atoms with Crippen molar-refractivity contribution in [3.05, 3.63) is 36.2 Å². The van der Waals surface area contributed by atoms with Gasteiger partial charge in [0, 0.05) is 42.8 Å². The van der Waals surface area contributed by atoms with Crippen molar-refractivity contribution in [1.29, 1.82) is 0 Å². The van der Waals surface area contributed by atoms with Crippen LogP contribution in [0.2, 0.25) is 0 Å². The van der Waals surface area contributed by atoms with Gasteiger partial charge in [-0.25, -0.2) is 9.97 Å². The fraction of sp³-hybridized carbons (Fsp3) is 0.450. The van der Waals surface area contributed by atoms with E-state index in [1.54, 1.807) is 16.7 Å². The Morgan fingerprint density at radius 2 is 1.89 bits per heavy atom. The van der Waals surface area contributed by atoms with E-state index in [2.05, 4.69) is 32.3 Å². The van der Waals surface area contributed by atoms with Gasteiger partial charge in [0.2, 0.25) is 5.91 Å². The summed E-state index contributed by atoms with van der Waals surface area (Å²) in [6.07, 6.45) is 6.33. The highest BCUT2D eigenvalue weighted by Crippen LogP contribution is 2.47. The molecule has 0 bridgehead atoms. The van der Waals surface area contributed by atoms with Crippen LogP contribution in [0.4, 0.5) is 17.3 Å². The average Bonchev–Trinajstić information content (AvgIpc) is 3.37. The topological polar surface area (TPSA) is 64.6 Å². The first kappa shape index (κ1) is 17.8. The van der Waals surface area contributed by atoms with Gasteiger partial charge in [0.25, 0.3) is 0 Å². The molecule has 5 rings (SSSR count). The summed E-state index contributed by atoms with van der Waals surface area (Å²) in [4.78, 5) is 28.9. The molecule has 3 aliphatic rings. The summed E-state index contributed by atoms with van der Waals surface area (Å²) in [7, 11) is 1.97. The van der Waals surface area contributed by atoms with Crippen LogP contribution < -0.4 is 15.1 Å². The van der Waals surface area contributed by atoms with Crippen molar-refractivity contribution >= 4 is 35.0 Å². The molecular formula is C20H24N6OS. The number of thioether (sulfide) groups is 1. The van der Waals surface area contributed by atoms with Crippen molar-refractivity contribution < 1.29 is 4.79 Å². The first-order valence-electron chi connectivity index (χ1n) is 9.80. The van der Waals surface area contributed by atoms with Crippen LogP contribution in [0.5, 0.6) is 0 Å². The standard InChI is InChI=1S/C20H24N6OS/c1-24-8-9-26(19(27)13-24)18-10-16-15(12-22-18)23-20(28-16)14-4-5-17(21-11-14)25-6-2-3-7-25/h4-5,10-12,20,23H,2-3,6-9,13H2,1H3. The number of rotatable bonds is 3. The van der Waals surface area contributed by atoms with Gasteiger partial charge in [-0.2, -0.15) is 0 Å². The zero-order valence-electron chi connectivity index (χ0n) is 16.0. The Balaban J connectivity index is 1.31. The second kappa shape index (κ2) is 7.25. The maximum Gasteiger partial charge on any atom is 0.242 e. The largest absolute Gasteiger partial charge is 0.367 e. The van der Waals surface area contributed by atoms with E-state index in [1.165, 1.54) is 12.8 Å². The molecule has 0 saturated carbocycles. The van der Waals surface area contributed by atoms with Crippen molar-refractivity contribution in [2.75, 3.05) is 54.9 Å². The molecule has 1 atom stereocenters. The Labute approximate surface area is 169 Å². The molecule has 0 radical (unpaired) electrons. The van der Waals surface area contributed by atoms with Crippen LogP contribution in [0.15, 0.2) is 35.5 Å². The van der Waals surface area contributed by atoms with Gasteiger partial charge in [0.1, 0.15) is 17.0 Å². The van der Waals surface area contributed by atoms with Crippen molar-refractivity contribution in [3.8, 4) is 0 Å². The van der Waals surface area contributed by atoms with Crippen molar-refractivity contribution in [2.24, 2.45) is 0 Å². The number of nitrogens with zero attached hydrogens (tertiary/aromatic N) is 5. The first-order chi connectivity index (χ1) is 13.7.